The molecule has 0 unspecified atom stereocenters. The minimum atomic E-state index is -3.82. The zero-order valence-corrected chi connectivity index (χ0v) is 14.0. The first-order valence-corrected chi connectivity index (χ1v) is 8.84. The maximum absolute atomic E-state index is 13.2. The van der Waals surface area contributed by atoms with Crippen LogP contribution < -0.4 is 10.6 Å². The van der Waals surface area contributed by atoms with E-state index in [1.54, 1.807) is 6.92 Å². The zero-order valence-electron chi connectivity index (χ0n) is 13.2. The first-order chi connectivity index (χ1) is 11.8. The number of sulfonamides is 1. The quantitative estimate of drug-likeness (QED) is 0.778. The molecule has 2 aromatic carbocycles. The molecular weight excluding hydrogens is 345 g/mol. The summed E-state index contributed by atoms with van der Waals surface area (Å²) in [6.07, 6.45) is 0. The van der Waals surface area contributed by atoms with Crippen molar-refractivity contribution in [3.63, 3.8) is 0 Å². The fourth-order valence-electron chi connectivity index (χ4n) is 2.50. The summed E-state index contributed by atoms with van der Waals surface area (Å²) >= 11 is 0. The number of primary sulfonamides is 1. The number of hydrogen-bond donors (Lipinski definition) is 1. The van der Waals surface area contributed by atoms with E-state index in [2.05, 4.69) is 0 Å². The van der Waals surface area contributed by atoms with Gasteiger partial charge in [-0.25, -0.2) is 17.9 Å². The Morgan fingerprint density at radius 3 is 2.08 bits per heavy atom. The highest BCUT2D eigenvalue weighted by Crippen LogP contribution is 2.31. The van der Waals surface area contributed by atoms with Crippen LogP contribution in [0.3, 0.4) is 0 Å². The van der Waals surface area contributed by atoms with Crippen LogP contribution in [-0.2, 0) is 10.0 Å². The van der Waals surface area contributed by atoms with E-state index in [0.717, 1.165) is 0 Å². The van der Waals surface area contributed by atoms with E-state index in [-0.39, 0.29) is 21.6 Å². The van der Waals surface area contributed by atoms with Crippen LogP contribution in [0.4, 0.5) is 4.39 Å². The van der Waals surface area contributed by atoms with Crippen molar-refractivity contribution >= 4 is 10.0 Å². The summed E-state index contributed by atoms with van der Waals surface area (Å²) in [5.74, 6) is 0.262. The van der Waals surface area contributed by atoms with Gasteiger partial charge in [-0.3, -0.25) is 4.79 Å². The van der Waals surface area contributed by atoms with E-state index in [1.165, 1.54) is 54.6 Å². The standard InChI is InChI=1S/C18H14FNO4S/c1-11-10-16(21)17(12-2-6-14(19)7-3-12)18(24-11)13-4-8-15(9-5-13)25(20,22)23/h2-10H,1H3,(H2,20,22,23). The lowest BCUT2D eigenvalue weighted by Crippen LogP contribution is -2.12. The number of hydrogen-bond acceptors (Lipinski definition) is 4. The summed E-state index contributed by atoms with van der Waals surface area (Å²) < 4.78 is 41.6. The van der Waals surface area contributed by atoms with Gasteiger partial charge >= 0.3 is 0 Å². The summed E-state index contributed by atoms with van der Waals surface area (Å²) in [4.78, 5) is 12.4. The summed E-state index contributed by atoms with van der Waals surface area (Å²) in [7, 11) is -3.82. The highest BCUT2D eigenvalue weighted by molar-refractivity contribution is 7.89. The number of aryl methyl sites for hydroxylation is 1. The van der Waals surface area contributed by atoms with Gasteiger partial charge in [-0.05, 0) is 48.9 Å². The Morgan fingerprint density at radius 1 is 0.960 bits per heavy atom. The van der Waals surface area contributed by atoms with Gasteiger partial charge in [0.15, 0.2) is 5.43 Å². The molecule has 128 valence electrons. The average molecular weight is 359 g/mol. The summed E-state index contributed by atoms with van der Waals surface area (Å²) in [6.45, 7) is 1.64. The van der Waals surface area contributed by atoms with E-state index < -0.39 is 15.8 Å². The van der Waals surface area contributed by atoms with Gasteiger partial charge in [-0.15, -0.1) is 0 Å². The monoisotopic (exact) mass is 359 g/mol. The van der Waals surface area contributed by atoms with E-state index in [9.17, 15) is 17.6 Å². The normalized spacial score (nSPS) is 11.5. The van der Waals surface area contributed by atoms with E-state index in [0.29, 0.717) is 16.9 Å². The lowest BCUT2D eigenvalue weighted by atomic mass is 10.00. The van der Waals surface area contributed by atoms with Crippen molar-refractivity contribution < 1.29 is 17.2 Å². The third-order valence-electron chi connectivity index (χ3n) is 3.65. The van der Waals surface area contributed by atoms with Gasteiger partial charge in [0.2, 0.25) is 10.0 Å². The van der Waals surface area contributed by atoms with Gasteiger partial charge < -0.3 is 4.42 Å². The molecule has 0 saturated carbocycles. The molecule has 3 rings (SSSR count). The molecule has 0 fully saturated rings. The van der Waals surface area contributed by atoms with Crippen LogP contribution in [0.15, 0.2) is 68.7 Å². The first kappa shape index (κ1) is 17.1. The fraction of sp³-hybridized carbons (Fsp3) is 0.0556. The van der Waals surface area contributed by atoms with Gasteiger partial charge in [-0.2, -0.15) is 0 Å². The van der Waals surface area contributed by atoms with Crippen LogP contribution in [0, 0.1) is 12.7 Å². The lowest BCUT2D eigenvalue weighted by Gasteiger charge is -2.10. The maximum atomic E-state index is 13.2. The third-order valence-corrected chi connectivity index (χ3v) is 4.58. The van der Waals surface area contributed by atoms with Gasteiger partial charge in [-0.1, -0.05) is 12.1 Å². The summed E-state index contributed by atoms with van der Waals surface area (Å²) in [6, 6.07) is 12.5. The largest absolute Gasteiger partial charge is 0.460 e. The molecule has 0 radical (unpaired) electrons. The smallest absolute Gasteiger partial charge is 0.238 e. The van der Waals surface area contributed by atoms with Crippen LogP contribution in [0.1, 0.15) is 5.76 Å². The molecule has 0 saturated heterocycles. The molecular formula is C18H14FNO4S. The molecule has 0 aliphatic heterocycles. The Morgan fingerprint density at radius 2 is 1.52 bits per heavy atom. The molecule has 1 aromatic heterocycles. The second-order valence-corrected chi connectivity index (χ2v) is 7.06. The van der Waals surface area contributed by atoms with E-state index in [4.69, 9.17) is 9.56 Å². The maximum Gasteiger partial charge on any atom is 0.238 e. The molecule has 5 nitrogen and oxygen atoms in total. The van der Waals surface area contributed by atoms with Gasteiger partial charge in [0.25, 0.3) is 0 Å². The summed E-state index contributed by atoms with van der Waals surface area (Å²) in [5, 5.41) is 5.09. The summed E-state index contributed by atoms with van der Waals surface area (Å²) in [5.41, 5.74) is 1.00. The van der Waals surface area contributed by atoms with Crippen molar-refractivity contribution in [2.45, 2.75) is 11.8 Å². The molecule has 0 bridgehead atoms. The van der Waals surface area contributed by atoms with Crippen molar-refractivity contribution in [3.05, 3.63) is 76.4 Å². The van der Waals surface area contributed by atoms with Crippen molar-refractivity contribution in [3.8, 4) is 22.5 Å². The van der Waals surface area contributed by atoms with Crippen molar-refractivity contribution in [1.29, 1.82) is 0 Å². The highest BCUT2D eigenvalue weighted by atomic mass is 32.2. The van der Waals surface area contributed by atoms with Crippen LogP contribution in [0.25, 0.3) is 22.5 Å². The van der Waals surface area contributed by atoms with Gasteiger partial charge in [0, 0.05) is 11.6 Å². The number of halogens is 1. The van der Waals surface area contributed by atoms with Gasteiger partial charge in [0.1, 0.15) is 17.3 Å². The number of rotatable bonds is 3. The second-order valence-electron chi connectivity index (χ2n) is 5.50. The van der Waals surface area contributed by atoms with Crippen molar-refractivity contribution in [2.24, 2.45) is 5.14 Å². The second kappa shape index (κ2) is 6.27. The Bertz CT molecular complexity index is 1090. The Hall–Kier alpha value is -2.77. The molecule has 25 heavy (non-hydrogen) atoms. The predicted octanol–water partition coefficient (Wildman–Crippen LogP) is 3.07. The molecule has 0 aliphatic carbocycles. The van der Waals surface area contributed by atoms with Crippen molar-refractivity contribution in [1.82, 2.24) is 0 Å². The Labute approximate surface area is 143 Å². The number of benzene rings is 2. The molecule has 0 amide bonds. The van der Waals surface area contributed by atoms with Gasteiger partial charge in [0.05, 0.1) is 10.5 Å². The van der Waals surface area contributed by atoms with E-state index in [1.807, 2.05) is 0 Å². The minimum absolute atomic E-state index is 0.0467. The fourth-order valence-corrected chi connectivity index (χ4v) is 3.01. The number of nitrogens with two attached hydrogens (primary N) is 1. The van der Waals surface area contributed by atoms with Crippen molar-refractivity contribution in [2.75, 3.05) is 0 Å². The third kappa shape index (κ3) is 3.52. The predicted molar refractivity (Wildman–Crippen MR) is 91.9 cm³/mol. The molecule has 7 heteroatoms. The highest BCUT2D eigenvalue weighted by Gasteiger charge is 2.16. The first-order valence-electron chi connectivity index (χ1n) is 7.29. The molecule has 2 N–H and O–H groups in total. The van der Waals surface area contributed by atoms with E-state index >= 15 is 0 Å². The Balaban J connectivity index is 2.22. The molecule has 1 heterocycles. The van der Waals surface area contributed by atoms with Crippen LogP contribution in [0.2, 0.25) is 0 Å². The SMILES string of the molecule is Cc1cc(=O)c(-c2ccc(F)cc2)c(-c2ccc(S(N)(=O)=O)cc2)o1. The topological polar surface area (TPSA) is 90.4 Å². The average Bonchev–Trinajstić information content (AvgIpc) is 2.55. The Kier molecular flexibility index (Phi) is 4.28. The molecule has 3 aromatic rings. The lowest BCUT2D eigenvalue weighted by molar-refractivity contribution is 0.531. The van der Waals surface area contributed by atoms with Crippen LogP contribution in [0.5, 0.6) is 0 Å². The molecule has 0 spiro atoms. The molecule has 0 aliphatic rings. The molecule has 0 atom stereocenters. The zero-order chi connectivity index (χ0) is 18.2. The van der Waals surface area contributed by atoms with Crippen LogP contribution >= 0.6 is 0 Å². The minimum Gasteiger partial charge on any atom is -0.460 e. The van der Waals surface area contributed by atoms with Crippen LogP contribution in [-0.4, -0.2) is 8.42 Å².